The van der Waals surface area contributed by atoms with Crippen molar-refractivity contribution >= 4 is 11.6 Å². The predicted molar refractivity (Wildman–Crippen MR) is 90.4 cm³/mol. The van der Waals surface area contributed by atoms with Crippen LogP contribution in [-0.2, 0) is 14.3 Å². The van der Waals surface area contributed by atoms with Crippen LogP contribution in [-0.4, -0.2) is 24.8 Å². The Hall–Kier alpha value is -0.700. The fourth-order valence-electron chi connectivity index (χ4n) is 8.67. The maximum absolute atomic E-state index is 12.5. The van der Waals surface area contributed by atoms with Gasteiger partial charge in [-0.15, -0.1) is 0 Å². The summed E-state index contributed by atoms with van der Waals surface area (Å²) in [5.74, 6) is 3.09. The van der Waals surface area contributed by atoms with Gasteiger partial charge in [0, 0.05) is 42.1 Å². The number of hydrogen-bond donors (Lipinski definition) is 0. The monoisotopic (exact) mass is 330 g/mol. The highest BCUT2D eigenvalue weighted by molar-refractivity contribution is 5.87. The first-order valence-corrected chi connectivity index (χ1v) is 10.0. The molecule has 0 amide bonds. The van der Waals surface area contributed by atoms with Crippen molar-refractivity contribution in [2.75, 3.05) is 7.11 Å². The number of ketones is 2. The molecule has 0 spiro atoms. The summed E-state index contributed by atoms with van der Waals surface area (Å²) in [6, 6.07) is 0. The number of hydrogen-bond acceptors (Lipinski definition) is 3. The third-order valence-electron chi connectivity index (χ3n) is 9.69. The first-order chi connectivity index (χ1) is 11.4. The molecule has 5 saturated carbocycles. The van der Waals surface area contributed by atoms with E-state index in [1.165, 1.54) is 12.8 Å². The zero-order valence-corrected chi connectivity index (χ0v) is 15.3. The lowest BCUT2D eigenvalue weighted by Crippen LogP contribution is -2.50. The van der Waals surface area contributed by atoms with Gasteiger partial charge in [-0.1, -0.05) is 13.8 Å². The molecule has 5 rings (SSSR count). The Kier molecular flexibility index (Phi) is 2.93. The fraction of sp³-hybridized carbons (Fsp3) is 0.905. The predicted octanol–water partition coefficient (Wildman–Crippen LogP) is 3.79. The van der Waals surface area contributed by atoms with Gasteiger partial charge in [-0.2, -0.15) is 0 Å². The van der Waals surface area contributed by atoms with Gasteiger partial charge in [-0.3, -0.25) is 9.59 Å². The molecule has 3 heteroatoms. The third kappa shape index (κ3) is 1.40. The normalized spacial score (nSPS) is 58.5. The maximum atomic E-state index is 12.5. The standard InChI is InChI=1S/C21H30O3/c1-12-16(22)8-11-21-15-7-9-19(2)14(4-5-17(19)23)13(15)6-10-20(12,21)18(21)24-3/h12-15,18H,4-11H2,1-3H3/t12-,13+,14+,15+,18-,19+,20-,21-/m1/s1. The largest absolute Gasteiger partial charge is 0.380 e. The summed E-state index contributed by atoms with van der Waals surface area (Å²) in [4.78, 5) is 25.0. The average molecular weight is 330 g/mol. The van der Waals surface area contributed by atoms with Crippen molar-refractivity contribution in [3.05, 3.63) is 0 Å². The minimum Gasteiger partial charge on any atom is -0.380 e. The van der Waals surface area contributed by atoms with Crippen LogP contribution in [0.3, 0.4) is 0 Å². The van der Waals surface area contributed by atoms with Gasteiger partial charge in [0.15, 0.2) is 0 Å². The van der Waals surface area contributed by atoms with E-state index in [1.54, 1.807) is 0 Å². The molecule has 5 aliphatic rings. The summed E-state index contributed by atoms with van der Waals surface area (Å²) >= 11 is 0. The van der Waals surface area contributed by atoms with Gasteiger partial charge in [0.05, 0.1) is 6.10 Å². The molecule has 0 aromatic rings. The van der Waals surface area contributed by atoms with Crippen LogP contribution in [0, 0.1) is 39.9 Å². The summed E-state index contributed by atoms with van der Waals surface area (Å²) in [6.07, 6.45) is 8.54. The van der Waals surface area contributed by atoms with Crippen molar-refractivity contribution in [3.63, 3.8) is 0 Å². The highest BCUT2D eigenvalue weighted by Crippen LogP contribution is 2.84. The SMILES string of the molecule is CO[C@@H]1[C@]23CC[C@@H]4[C@H](CC[C@]5(C)C(=O)CC[C@@H]45)[C@]12CCC(=O)[C@H]3C. The molecular formula is C21H30O3. The van der Waals surface area contributed by atoms with Crippen LogP contribution in [0.25, 0.3) is 0 Å². The third-order valence-corrected chi connectivity index (χ3v) is 9.69. The quantitative estimate of drug-likeness (QED) is 0.734. The molecular weight excluding hydrogens is 300 g/mol. The molecule has 8 atom stereocenters. The lowest BCUT2D eigenvalue weighted by molar-refractivity contribution is -0.138. The van der Waals surface area contributed by atoms with Crippen molar-refractivity contribution < 1.29 is 14.3 Å². The molecule has 0 bridgehead atoms. The Morgan fingerprint density at radius 1 is 0.958 bits per heavy atom. The Bertz CT molecular complexity index is 627. The zero-order chi connectivity index (χ0) is 16.9. The van der Waals surface area contributed by atoms with E-state index in [0.29, 0.717) is 29.3 Å². The van der Waals surface area contributed by atoms with Crippen molar-refractivity contribution in [1.29, 1.82) is 0 Å². The Balaban J connectivity index is 1.56. The van der Waals surface area contributed by atoms with Gasteiger partial charge in [-0.05, 0) is 56.3 Å². The molecule has 0 heterocycles. The first kappa shape index (κ1) is 15.5. The van der Waals surface area contributed by atoms with Crippen LogP contribution in [0.1, 0.15) is 65.2 Å². The van der Waals surface area contributed by atoms with Crippen molar-refractivity contribution in [1.82, 2.24) is 0 Å². The number of carbonyl (C=O) groups is 2. The van der Waals surface area contributed by atoms with E-state index in [0.717, 1.165) is 38.5 Å². The van der Waals surface area contributed by atoms with Crippen molar-refractivity contribution in [2.24, 2.45) is 39.9 Å². The number of Topliss-reactive ketones (excluding diaryl/α,β-unsaturated/α-hetero) is 2. The van der Waals surface area contributed by atoms with Crippen LogP contribution >= 0.6 is 0 Å². The van der Waals surface area contributed by atoms with Gasteiger partial charge >= 0.3 is 0 Å². The number of carbonyl (C=O) groups excluding carboxylic acids is 2. The van der Waals surface area contributed by atoms with Crippen LogP contribution in [0.4, 0.5) is 0 Å². The maximum Gasteiger partial charge on any atom is 0.139 e. The van der Waals surface area contributed by atoms with E-state index < -0.39 is 0 Å². The van der Waals surface area contributed by atoms with E-state index in [9.17, 15) is 9.59 Å². The average Bonchev–Trinajstić information content (AvgIpc) is 3.09. The van der Waals surface area contributed by atoms with Crippen LogP contribution in [0.5, 0.6) is 0 Å². The van der Waals surface area contributed by atoms with Gasteiger partial charge < -0.3 is 4.74 Å². The molecule has 0 radical (unpaired) electrons. The Labute approximate surface area is 144 Å². The molecule has 0 unspecified atom stereocenters. The molecule has 0 aromatic carbocycles. The molecule has 5 fully saturated rings. The molecule has 5 aliphatic carbocycles. The van der Waals surface area contributed by atoms with Gasteiger partial charge in [0.1, 0.15) is 11.6 Å². The van der Waals surface area contributed by atoms with Gasteiger partial charge in [-0.25, -0.2) is 0 Å². The van der Waals surface area contributed by atoms with Gasteiger partial charge in [0.2, 0.25) is 0 Å². The summed E-state index contributed by atoms with van der Waals surface area (Å²) < 4.78 is 6.04. The highest BCUT2D eigenvalue weighted by atomic mass is 16.5. The summed E-state index contributed by atoms with van der Waals surface area (Å²) in [6.45, 7) is 4.41. The Morgan fingerprint density at radius 3 is 2.50 bits per heavy atom. The molecule has 24 heavy (non-hydrogen) atoms. The van der Waals surface area contributed by atoms with E-state index in [2.05, 4.69) is 13.8 Å². The molecule has 0 N–H and O–H groups in total. The lowest BCUT2D eigenvalue weighted by atomic mass is 9.49. The second-order valence-corrected chi connectivity index (χ2v) is 9.72. The fourth-order valence-corrected chi connectivity index (χ4v) is 8.67. The minimum atomic E-state index is -0.0502. The number of ether oxygens (including phenoxy) is 1. The first-order valence-electron chi connectivity index (χ1n) is 10.0. The van der Waals surface area contributed by atoms with Crippen molar-refractivity contribution in [2.45, 2.75) is 71.3 Å². The summed E-state index contributed by atoms with van der Waals surface area (Å²) in [5.41, 5.74) is 0.310. The van der Waals surface area contributed by atoms with Crippen LogP contribution < -0.4 is 0 Å². The van der Waals surface area contributed by atoms with Crippen LogP contribution in [0.2, 0.25) is 0 Å². The number of rotatable bonds is 1. The highest BCUT2D eigenvalue weighted by Gasteiger charge is 2.85. The minimum absolute atomic E-state index is 0.0502. The smallest absolute Gasteiger partial charge is 0.139 e. The van der Waals surface area contributed by atoms with Crippen molar-refractivity contribution in [3.8, 4) is 0 Å². The molecule has 0 aliphatic heterocycles. The molecule has 3 nitrogen and oxygen atoms in total. The second-order valence-electron chi connectivity index (χ2n) is 9.72. The number of fused-ring (bicyclic) bond motifs is 3. The van der Waals surface area contributed by atoms with Gasteiger partial charge in [0.25, 0.3) is 0 Å². The lowest BCUT2D eigenvalue weighted by Gasteiger charge is -2.54. The zero-order valence-electron chi connectivity index (χ0n) is 15.3. The summed E-state index contributed by atoms with van der Waals surface area (Å²) in [5, 5.41) is 0. The molecule has 0 saturated heterocycles. The summed E-state index contributed by atoms with van der Waals surface area (Å²) in [7, 11) is 1.86. The second kappa shape index (κ2) is 4.52. The molecule has 132 valence electrons. The van der Waals surface area contributed by atoms with E-state index in [-0.39, 0.29) is 28.3 Å². The van der Waals surface area contributed by atoms with E-state index in [4.69, 9.17) is 4.74 Å². The van der Waals surface area contributed by atoms with Crippen LogP contribution in [0.15, 0.2) is 0 Å². The van der Waals surface area contributed by atoms with E-state index >= 15 is 0 Å². The van der Waals surface area contributed by atoms with E-state index in [1.807, 2.05) is 7.11 Å². The Morgan fingerprint density at radius 2 is 1.75 bits per heavy atom. The topological polar surface area (TPSA) is 43.4 Å². The molecule has 0 aromatic heterocycles. The number of methoxy groups -OCH3 is 1.